The molecule has 0 unspecified atom stereocenters. The molecule has 0 aliphatic rings. The van der Waals surface area contributed by atoms with E-state index in [1.165, 1.54) is 12.3 Å². The molecule has 0 saturated carbocycles. The standard InChI is InChI=1S/C11H14N2O3/c14-7-3-6-11(16)13-12-8-9-4-1-2-5-10(9)15/h1-2,4-5,8,14-15H,3,6-7H2,(H,13,16). The van der Waals surface area contributed by atoms with Crippen molar-refractivity contribution in [3.05, 3.63) is 29.8 Å². The fourth-order valence-electron chi connectivity index (χ4n) is 1.07. The van der Waals surface area contributed by atoms with Crippen LogP contribution in [0.2, 0.25) is 0 Å². The molecule has 0 saturated heterocycles. The van der Waals surface area contributed by atoms with Gasteiger partial charge in [-0.2, -0.15) is 5.10 Å². The van der Waals surface area contributed by atoms with E-state index in [9.17, 15) is 9.90 Å². The molecule has 0 aliphatic heterocycles. The molecule has 3 N–H and O–H groups in total. The van der Waals surface area contributed by atoms with E-state index in [-0.39, 0.29) is 24.7 Å². The molecule has 0 heterocycles. The van der Waals surface area contributed by atoms with Gasteiger partial charge < -0.3 is 10.2 Å². The molecule has 16 heavy (non-hydrogen) atoms. The van der Waals surface area contributed by atoms with Crippen molar-refractivity contribution >= 4 is 12.1 Å². The van der Waals surface area contributed by atoms with Gasteiger partial charge >= 0.3 is 0 Å². The first-order chi connectivity index (χ1) is 7.74. The van der Waals surface area contributed by atoms with E-state index in [1.54, 1.807) is 18.2 Å². The Labute approximate surface area is 93.4 Å². The van der Waals surface area contributed by atoms with Gasteiger partial charge in [0.2, 0.25) is 5.91 Å². The van der Waals surface area contributed by atoms with Gasteiger partial charge in [0.05, 0.1) is 6.21 Å². The van der Waals surface area contributed by atoms with Crippen molar-refractivity contribution < 1.29 is 15.0 Å². The molecule has 0 aromatic heterocycles. The summed E-state index contributed by atoms with van der Waals surface area (Å²) in [5.41, 5.74) is 2.83. The molecule has 0 atom stereocenters. The number of carbonyl (C=O) groups is 1. The van der Waals surface area contributed by atoms with Crippen LogP contribution in [0.25, 0.3) is 0 Å². The second kappa shape index (κ2) is 6.58. The first-order valence-corrected chi connectivity index (χ1v) is 4.95. The summed E-state index contributed by atoms with van der Waals surface area (Å²) in [5.74, 6) is -0.156. The third-order valence-electron chi connectivity index (χ3n) is 1.89. The number of nitrogens with zero attached hydrogens (tertiary/aromatic N) is 1. The number of aliphatic hydroxyl groups is 1. The van der Waals surface area contributed by atoms with Crippen LogP contribution in [-0.4, -0.2) is 28.9 Å². The number of hydrazone groups is 1. The number of aliphatic hydroxyl groups excluding tert-OH is 1. The summed E-state index contributed by atoms with van der Waals surface area (Å²) >= 11 is 0. The van der Waals surface area contributed by atoms with E-state index >= 15 is 0 Å². The highest BCUT2D eigenvalue weighted by molar-refractivity contribution is 5.84. The van der Waals surface area contributed by atoms with Gasteiger partial charge in [-0.05, 0) is 18.6 Å². The molecule has 1 amide bonds. The number of hydrogen-bond acceptors (Lipinski definition) is 4. The van der Waals surface area contributed by atoms with Crippen LogP contribution >= 0.6 is 0 Å². The van der Waals surface area contributed by atoms with E-state index in [0.717, 1.165) is 0 Å². The minimum atomic E-state index is -0.263. The Morgan fingerprint density at radius 3 is 2.88 bits per heavy atom. The van der Waals surface area contributed by atoms with Crippen LogP contribution in [0.1, 0.15) is 18.4 Å². The zero-order valence-electron chi connectivity index (χ0n) is 8.76. The third kappa shape index (κ3) is 4.10. The molecular formula is C11H14N2O3. The van der Waals surface area contributed by atoms with Crippen LogP contribution < -0.4 is 5.43 Å². The number of amides is 1. The third-order valence-corrected chi connectivity index (χ3v) is 1.89. The Morgan fingerprint density at radius 1 is 1.44 bits per heavy atom. The van der Waals surface area contributed by atoms with E-state index in [1.807, 2.05) is 0 Å². The molecule has 5 heteroatoms. The fraction of sp³-hybridized carbons (Fsp3) is 0.273. The Bertz CT molecular complexity index is 377. The summed E-state index contributed by atoms with van der Waals surface area (Å²) in [7, 11) is 0. The largest absolute Gasteiger partial charge is 0.507 e. The SMILES string of the molecule is O=C(CCCO)NN=Cc1ccccc1O. The second-order valence-corrected chi connectivity index (χ2v) is 3.18. The lowest BCUT2D eigenvalue weighted by atomic mass is 10.2. The lowest BCUT2D eigenvalue weighted by molar-refractivity contribution is -0.121. The summed E-state index contributed by atoms with van der Waals surface area (Å²) in [6.45, 7) is -0.0173. The number of benzene rings is 1. The van der Waals surface area contributed by atoms with Crippen LogP contribution in [0.5, 0.6) is 5.75 Å². The Morgan fingerprint density at radius 2 is 2.19 bits per heavy atom. The average molecular weight is 222 g/mol. The predicted octanol–water partition coefficient (Wildman–Crippen LogP) is 0.615. The summed E-state index contributed by atoms with van der Waals surface area (Å²) in [5, 5.41) is 21.6. The summed E-state index contributed by atoms with van der Waals surface area (Å²) in [6, 6.07) is 6.68. The van der Waals surface area contributed by atoms with Crippen molar-refractivity contribution in [2.45, 2.75) is 12.8 Å². The zero-order valence-corrected chi connectivity index (χ0v) is 8.76. The maximum atomic E-state index is 11.1. The Hall–Kier alpha value is -1.88. The van der Waals surface area contributed by atoms with Crippen molar-refractivity contribution in [2.75, 3.05) is 6.61 Å². The number of phenols is 1. The minimum Gasteiger partial charge on any atom is -0.507 e. The van der Waals surface area contributed by atoms with Crippen molar-refractivity contribution in [3.8, 4) is 5.75 Å². The number of phenolic OH excluding ortho intramolecular Hbond substituents is 1. The van der Waals surface area contributed by atoms with Gasteiger partial charge in [0.15, 0.2) is 0 Å². The zero-order chi connectivity index (χ0) is 11.8. The van der Waals surface area contributed by atoms with E-state index < -0.39 is 0 Å². The van der Waals surface area contributed by atoms with Gasteiger partial charge in [0, 0.05) is 18.6 Å². The molecule has 0 fully saturated rings. The predicted molar refractivity (Wildman–Crippen MR) is 60.2 cm³/mol. The number of hydrogen-bond donors (Lipinski definition) is 3. The lowest BCUT2D eigenvalue weighted by Gasteiger charge is -1.98. The molecule has 5 nitrogen and oxygen atoms in total. The Balaban J connectivity index is 2.43. The van der Waals surface area contributed by atoms with Gasteiger partial charge in [0.1, 0.15) is 5.75 Å². The van der Waals surface area contributed by atoms with E-state index in [2.05, 4.69) is 10.5 Å². The quantitative estimate of drug-likeness (QED) is 0.504. The summed E-state index contributed by atoms with van der Waals surface area (Å²) < 4.78 is 0. The number of para-hydroxylation sites is 1. The molecule has 86 valence electrons. The average Bonchev–Trinajstić information content (AvgIpc) is 2.29. The number of carbonyl (C=O) groups excluding carboxylic acids is 1. The topological polar surface area (TPSA) is 81.9 Å². The smallest absolute Gasteiger partial charge is 0.240 e. The monoisotopic (exact) mass is 222 g/mol. The van der Waals surface area contributed by atoms with Crippen molar-refractivity contribution in [1.82, 2.24) is 5.43 Å². The molecular weight excluding hydrogens is 208 g/mol. The van der Waals surface area contributed by atoms with Gasteiger partial charge in [-0.1, -0.05) is 12.1 Å². The van der Waals surface area contributed by atoms with Gasteiger partial charge in [-0.15, -0.1) is 0 Å². The molecule has 0 bridgehead atoms. The van der Waals surface area contributed by atoms with Gasteiger partial charge in [-0.3, -0.25) is 4.79 Å². The maximum absolute atomic E-state index is 11.1. The summed E-state index contributed by atoms with van der Waals surface area (Å²) in [4.78, 5) is 11.1. The van der Waals surface area contributed by atoms with E-state index in [4.69, 9.17) is 5.11 Å². The minimum absolute atomic E-state index is 0.0173. The second-order valence-electron chi connectivity index (χ2n) is 3.18. The normalized spacial score (nSPS) is 10.6. The maximum Gasteiger partial charge on any atom is 0.240 e. The molecule has 1 rings (SSSR count). The van der Waals surface area contributed by atoms with Gasteiger partial charge in [-0.25, -0.2) is 5.43 Å². The van der Waals surface area contributed by atoms with Crippen LogP contribution in [0.3, 0.4) is 0 Å². The van der Waals surface area contributed by atoms with E-state index in [0.29, 0.717) is 12.0 Å². The van der Waals surface area contributed by atoms with Crippen LogP contribution in [0.15, 0.2) is 29.4 Å². The lowest BCUT2D eigenvalue weighted by Crippen LogP contribution is -2.17. The fourth-order valence-corrected chi connectivity index (χ4v) is 1.07. The Kier molecular flexibility index (Phi) is 5.01. The van der Waals surface area contributed by atoms with Crippen LogP contribution in [0, 0.1) is 0 Å². The van der Waals surface area contributed by atoms with Crippen molar-refractivity contribution in [1.29, 1.82) is 0 Å². The highest BCUT2D eigenvalue weighted by Gasteiger charge is 1.98. The molecule has 1 aromatic rings. The molecule has 0 radical (unpaired) electrons. The highest BCUT2D eigenvalue weighted by atomic mass is 16.3. The van der Waals surface area contributed by atoms with Gasteiger partial charge in [0.25, 0.3) is 0 Å². The highest BCUT2D eigenvalue weighted by Crippen LogP contribution is 2.12. The summed E-state index contributed by atoms with van der Waals surface area (Å²) in [6.07, 6.45) is 2.01. The molecule has 0 aliphatic carbocycles. The molecule has 0 spiro atoms. The first kappa shape index (κ1) is 12.2. The van der Waals surface area contributed by atoms with Crippen molar-refractivity contribution in [3.63, 3.8) is 0 Å². The number of rotatable bonds is 5. The first-order valence-electron chi connectivity index (χ1n) is 4.95. The van der Waals surface area contributed by atoms with Crippen LogP contribution in [0.4, 0.5) is 0 Å². The number of nitrogens with one attached hydrogen (secondary N) is 1. The van der Waals surface area contributed by atoms with Crippen molar-refractivity contribution in [2.24, 2.45) is 5.10 Å². The molecule has 1 aromatic carbocycles. The van der Waals surface area contributed by atoms with Crippen LogP contribution in [-0.2, 0) is 4.79 Å². The number of aromatic hydroxyl groups is 1.